The molecule has 0 amide bonds. The summed E-state index contributed by atoms with van der Waals surface area (Å²) < 4.78 is 0. The largest absolute Gasteiger partial charge is 0.295 e. The van der Waals surface area contributed by atoms with Gasteiger partial charge in [0.15, 0.2) is 5.78 Å². The number of carbonyl (C=O) groups excluding carboxylic acids is 1. The number of hydrogen-bond acceptors (Lipinski definition) is 1. The van der Waals surface area contributed by atoms with E-state index in [9.17, 15) is 4.79 Å². The van der Waals surface area contributed by atoms with Crippen LogP contribution in [0.25, 0.3) is 0 Å². The van der Waals surface area contributed by atoms with Gasteiger partial charge in [0.25, 0.3) is 0 Å². The van der Waals surface area contributed by atoms with Crippen molar-refractivity contribution in [3.63, 3.8) is 0 Å². The first kappa shape index (κ1) is 13.3. The van der Waals surface area contributed by atoms with Crippen LogP contribution in [0.3, 0.4) is 0 Å². The van der Waals surface area contributed by atoms with Crippen LogP contribution in [0.15, 0.2) is 72.8 Å². The van der Waals surface area contributed by atoms with Crippen LogP contribution in [-0.4, -0.2) is 5.78 Å². The standard InChI is InChI=1S/C18H18O/c19-18(15-14-17-10-5-2-6-11-17)13-7-12-16-8-3-1-4-9-16/h1-11,13H,12,14-15H2. The van der Waals surface area contributed by atoms with Crippen molar-refractivity contribution in [3.8, 4) is 0 Å². The first-order valence-electron chi connectivity index (χ1n) is 6.62. The molecule has 0 aliphatic carbocycles. The zero-order chi connectivity index (χ0) is 13.3. The molecule has 2 rings (SSSR count). The molecule has 0 atom stereocenters. The van der Waals surface area contributed by atoms with E-state index in [1.165, 1.54) is 11.1 Å². The van der Waals surface area contributed by atoms with Gasteiger partial charge in [-0.25, -0.2) is 0 Å². The molecule has 2 aromatic rings. The van der Waals surface area contributed by atoms with E-state index in [-0.39, 0.29) is 5.78 Å². The van der Waals surface area contributed by atoms with Crippen molar-refractivity contribution in [3.05, 3.63) is 83.9 Å². The van der Waals surface area contributed by atoms with Gasteiger partial charge in [0.05, 0.1) is 0 Å². The second-order valence-corrected chi connectivity index (χ2v) is 4.54. The molecular formula is C18H18O. The Hall–Kier alpha value is -2.15. The van der Waals surface area contributed by atoms with Crippen LogP contribution in [0.1, 0.15) is 17.5 Å². The minimum atomic E-state index is 0.194. The molecular weight excluding hydrogens is 232 g/mol. The van der Waals surface area contributed by atoms with E-state index in [0.717, 1.165) is 12.8 Å². The average Bonchev–Trinajstić information content (AvgIpc) is 2.47. The zero-order valence-corrected chi connectivity index (χ0v) is 11.0. The highest BCUT2D eigenvalue weighted by Crippen LogP contribution is 2.04. The van der Waals surface area contributed by atoms with Crippen molar-refractivity contribution in [2.24, 2.45) is 0 Å². The minimum absolute atomic E-state index is 0.194. The predicted octanol–water partition coefficient (Wildman–Crippen LogP) is 3.99. The van der Waals surface area contributed by atoms with E-state index < -0.39 is 0 Å². The van der Waals surface area contributed by atoms with Gasteiger partial charge in [0, 0.05) is 6.42 Å². The second-order valence-electron chi connectivity index (χ2n) is 4.54. The van der Waals surface area contributed by atoms with Gasteiger partial charge in [0.1, 0.15) is 0 Å². The molecule has 0 aliphatic heterocycles. The summed E-state index contributed by atoms with van der Waals surface area (Å²) in [6.45, 7) is 0. The molecule has 19 heavy (non-hydrogen) atoms. The van der Waals surface area contributed by atoms with Crippen molar-refractivity contribution in [1.29, 1.82) is 0 Å². The highest BCUT2D eigenvalue weighted by molar-refractivity contribution is 5.89. The Balaban J connectivity index is 1.75. The first-order chi connectivity index (χ1) is 9.34. The summed E-state index contributed by atoms with van der Waals surface area (Å²) in [6.07, 6.45) is 5.86. The molecule has 0 spiro atoms. The van der Waals surface area contributed by atoms with Gasteiger partial charge >= 0.3 is 0 Å². The van der Waals surface area contributed by atoms with E-state index in [0.29, 0.717) is 6.42 Å². The summed E-state index contributed by atoms with van der Waals surface area (Å²) in [6, 6.07) is 20.3. The Bertz CT molecular complexity index is 526. The summed E-state index contributed by atoms with van der Waals surface area (Å²) in [7, 11) is 0. The third-order valence-electron chi connectivity index (χ3n) is 3.00. The fraction of sp³-hybridized carbons (Fsp3) is 0.167. The highest BCUT2D eigenvalue weighted by atomic mass is 16.1. The number of hydrogen-bond donors (Lipinski definition) is 0. The lowest BCUT2D eigenvalue weighted by Crippen LogP contribution is -1.96. The van der Waals surface area contributed by atoms with E-state index in [1.54, 1.807) is 6.08 Å². The van der Waals surface area contributed by atoms with E-state index in [2.05, 4.69) is 24.3 Å². The Morgan fingerprint density at radius 2 is 1.42 bits per heavy atom. The van der Waals surface area contributed by atoms with Crippen LogP contribution in [0.4, 0.5) is 0 Å². The smallest absolute Gasteiger partial charge is 0.155 e. The second kappa shape index (κ2) is 7.32. The van der Waals surface area contributed by atoms with Crippen molar-refractivity contribution < 1.29 is 4.79 Å². The third kappa shape index (κ3) is 4.92. The molecule has 1 nitrogen and oxygen atoms in total. The average molecular weight is 250 g/mol. The van der Waals surface area contributed by atoms with E-state index >= 15 is 0 Å². The number of carbonyl (C=O) groups is 1. The molecule has 0 N–H and O–H groups in total. The van der Waals surface area contributed by atoms with Crippen molar-refractivity contribution in [2.75, 3.05) is 0 Å². The lowest BCUT2D eigenvalue weighted by molar-refractivity contribution is -0.114. The molecule has 0 unspecified atom stereocenters. The van der Waals surface area contributed by atoms with Crippen LogP contribution < -0.4 is 0 Å². The van der Waals surface area contributed by atoms with Crippen LogP contribution >= 0.6 is 0 Å². The van der Waals surface area contributed by atoms with Crippen LogP contribution in [-0.2, 0) is 17.6 Å². The molecule has 1 heteroatoms. The summed E-state index contributed by atoms with van der Waals surface area (Å²) in [4.78, 5) is 11.7. The summed E-state index contributed by atoms with van der Waals surface area (Å²) in [5, 5.41) is 0. The third-order valence-corrected chi connectivity index (χ3v) is 3.00. The van der Waals surface area contributed by atoms with E-state index in [1.807, 2.05) is 42.5 Å². The SMILES string of the molecule is O=C(C=CCc1ccccc1)CCc1ccccc1. The molecule has 0 heterocycles. The summed E-state index contributed by atoms with van der Waals surface area (Å²) in [5.74, 6) is 0.194. The molecule has 0 aliphatic rings. The Morgan fingerprint density at radius 1 is 0.842 bits per heavy atom. The maximum absolute atomic E-state index is 11.7. The van der Waals surface area contributed by atoms with Gasteiger partial charge in [-0.15, -0.1) is 0 Å². The number of benzene rings is 2. The van der Waals surface area contributed by atoms with E-state index in [4.69, 9.17) is 0 Å². The van der Waals surface area contributed by atoms with Crippen molar-refractivity contribution in [1.82, 2.24) is 0 Å². The molecule has 0 bridgehead atoms. The maximum atomic E-state index is 11.7. The fourth-order valence-electron chi connectivity index (χ4n) is 1.94. The molecule has 0 saturated heterocycles. The molecule has 0 fully saturated rings. The normalized spacial score (nSPS) is 10.7. The van der Waals surface area contributed by atoms with Gasteiger partial charge in [-0.3, -0.25) is 4.79 Å². The molecule has 0 saturated carbocycles. The Labute approximate surface area is 114 Å². The summed E-state index contributed by atoms with van der Waals surface area (Å²) in [5.41, 5.74) is 2.45. The van der Waals surface area contributed by atoms with Gasteiger partial charge in [0.2, 0.25) is 0 Å². The van der Waals surface area contributed by atoms with Gasteiger partial charge in [-0.1, -0.05) is 66.7 Å². The lowest BCUT2D eigenvalue weighted by atomic mass is 10.1. The van der Waals surface area contributed by atoms with Crippen LogP contribution in [0, 0.1) is 0 Å². The zero-order valence-electron chi connectivity index (χ0n) is 11.0. The molecule has 96 valence electrons. The summed E-state index contributed by atoms with van der Waals surface area (Å²) >= 11 is 0. The Kier molecular flexibility index (Phi) is 5.12. The van der Waals surface area contributed by atoms with Crippen molar-refractivity contribution in [2.45, 2.75) is 19.3 Å². The maximum Gasteiger partial charge on any atom is 0.155 e. The number of aryl methyl sites for hydroxylation is 1. The quantitative estimate of drug-likeness (QED) is 0.708. The van der Waals surface area contributed by atoms with Gasteiger partial charge < -0.3 is 0 Å². The van der Waals surface area contributed by atoms with Gasteiger partial charge in [-0.2, -0.15) is 0 Å². The van der Waals surface area contributed by atoms with Crippen LogP contribution in [0.2, 0.25) is 0 Å². The monoisotopic (exact) mass is 250 g/mol. The first-order valence-corrected chi connectivity index (χ1v) is 6.62. The number of allylic oxidation sites excluding steroid dienone is 2. The molecule has 0 aromatic heterocycles. The fourth-order valence-corrected chi connectivity index (χ4v) is 1.94. The number of ketones is 1. The van der Waals surface area contributed by atoms with Crippen molar-refractivity contribution >= 4 is 5.78 Å². The van der Waals surface area contributed by atoms with Crippen LogP contribution in [0.5, 0.6) is 0 Å². The molecule has 2 aromatic carbocycles. The predicted molar refractivity (Wildman–Crippen MR) is 79.1 cm³/mol. The lowest BCUT2D eigenvalue weighted by Gasteiger charge is -1.98. The molecule has 0 radical (unpaired) electrons. The number of rotatable bonds is 6. The topological polar surface area (TPSA) is 17.1 Å². The van der Waals surface area contributed by atoms with Gasteiger partial charge in [-0.05, 0) is 30.0 Å². The minimum Gasteiger partial charge on any atom is -0.295 e. The highest BCUT2D eigenvalue weighted by Gasteiger charge is 1.98. The Morgan fingerprint density at radius 3 is 2.05 bits per heavy atom.